The first kappa shape index (κ1) is 12.8. The van der Waals surface area contributed by atoms with Gasteiger partial charge < -0.3 is 4.98 Å². The second kappa shape index (κ2) is 4.42. The van der Waals surface area contributed by atoms with Gasteiger partial charge in [-0.05, 0) is 44.1 Å². The van der Waals surface area contributed by atoms with Crippen LogP contribution >= 0.6 is 12.2 Å². The molecular formula is C12H15N3O2S2. The molecule has 0 saturated carbocycles. The van der Waals surface area contributed by atoms with Crippen molar-refractivity contribution in [2.45, 2.75) is 25.8 Å². The van der Waals surface area contributed by atoms with Gasteiger partial charge in [0.05, 0.1) is 23.1 Å². The Labute approximate surface area is 116 Å². The van der Waals surface area contributed by atoms with E-state index in [4.69, 9.17) is 12.2 Å². The van der Waals surface area contributed by atoms with Crippen molar-refractivity contribution in [3.8, 4) is 0 Å². The van der Waals surface area contributed by atoms with Gasteiger partial charge in [0.25, 0.3) is 0 Å². The fraction of sp³-hybridized carbons (Fsp3) is 0.500. The number of fused-ring (bicyclic) bond motifs is 1. The highest BCUT2D eigenvalue weighted by molar-refractivity contribution is 7.91. The molecule has 102 valence electrons. The standard InChI is InChI=1S/C12H15N3O2S2/c1-8-4-5-10-11(13-8)15(12(18)14-10)9-3-2-6-19(16,17)7-9/h4-5,9H,2-3,6-7H2,1H3,(H,14,18). The molecule has 1 atom stereocenters. The molecule has 1 unspecified atom stereocenters. The molecule has 1 aliphatic heterocycles. The number of rotatable bonds is 1. The molecule has 0 aliphatic carbocycles. The fourth-order valence-electron chi connectivity index (χ4n) is 2.64. The first-order valence-electron chi connectivity index (χ1n) is 6.24. The highest BCUT2D eigenvalue weighted by atomic mass is 32.2. The zero-order chi connectivity index (χ0) is 13.6. The number of hydrogen-bond acceptors (Lipinski definition) is 4. The summed E-state index contributed by atoms with van der Waals surface area (Å²) in [5.41, 5.74) is 2.51. The van der Waals surface area contributed by atoms with Gasteiger partial charge in [-0.3, -0.25) is 4.57 Å². The number of sulfone groups is 1. The summed E-state index contributed by atoms with van der Waals surface area (Å²) < 4.78 is 26.0. The topological polar surface area (TPSA) is 67.8 Å². The average molecular weight is 297 g/mol. The third kappa shape index (κ3) is 2.32. The van der Waals surface area contributed by atoms with Crippen LogP contribution in [0.2, 0.25) is 0 Å². The molecule has 19 heavy (non-hydrogen) atoms. The van der Waals surface area contributed by atoms with Gasteiger partial charge in [0, 0.05) is 5.69 Å². The Balaban J connectivity index is 2.16. The molecule has 5 nitrogen and oxygen atoms in total. The predicted molar refractivity (Wildman–Crippen MR) is 76.6 cm³/mol. The van der Waals surface area contributed by atoms with Crippen LogP contribution in [0.25, 0.3) is 11.2 Å². The van der Waals surface area contributed by atoms with Crippen LogP contribution in [-0.4, -0.2) is 34.5 Å². The largest absolute Gasteiger partial charge is 0.329 e. The van der Waals surface area contributed by atoms with E-state index in [1.54, 1.807) is 0 Å². The van der Waals surface area contributed by atoms with Crippen molar-refractivity contribution >= 4 is 33.2 Å². The van der Waals surface area contributed by atoms with Crippen molar-refractivity contribution in [1.82, 2.24) is 14.5 Å². The summed E-state index contributed by atoms with van der Waals surface area (Å²) in [6, 6.07) is 3.74. The van der Waals surface area contributed by atoms with E-state index < -0.39 is 9.84 Å². The monoisotopic (exact) mass is 297 g/mol. The number of aryl methyl sites for hydroxylation is 1. The van der Waals surface area contributed by atoms with E-state index >= 15 is 0 Å². The molecule has 1 N–H and O–H groups in total. The number of H-pyrrole nitrogens is 1. The molecule has 0 aromatic carbocycles. The molecular weight excluding hydrogens is 282 g/mol. The van der Waals surface area contributed by atoms with Crippen LogP contribution < -0.4 is 0 Å². The Morgan fingerprint density at radius 2 is 2.26 bits per heavy atom. The summed E-state index contributed by atoms with van der Waals surface area (Å²) in [6.45, 7) is 1.91. The van der Waals surface area contributed by atoms with Gasteiger partial charge in [0.15, 0.2) is 20.3 Å². The van der Waals surface area contributed by atoms with Crippen LogP contribution in [-0.2, 0) is 9.84 Å². The SMILES string of the molecule is Cc1ccc2[nH]c(=S)n(C3CCCS(=O)(=O)C3)c2n1. The van der Waals surface area contributed by atoms with Gasteiger partial charge in [-0.25, -0.2) is 13.4 Å². The summed E-state index contributed by atoms with van der Waals surface area (Å²) in [5, 5.41) is 0. The summed E-state index contributed by atoms with van der Waals surface area (Å²) in [4.78, 5) is 7.59. The molecule has 2 aromatic rings. The van der Waals surface area contributed by atoms with Gasteiger partial charge in [0.1, 0.15) is 0 Å². The van der Waals surface area contributed by atoms with Gasteiger partial charge in [-0.1, -0.05) is 0 Å². The highest BCUT2D eigenvalue weighted by Crippen LogP contribution is 2.27. The first-order chi connectivity index (χ1) is 8.96. The molecule has 3 rings (SSSR count). The van der Waals surface area contributed by atoms with E-state index in [-0.39, 0.29) is 17.5 Å². The summed E-state index contributed by atoms with van der Waals surface area (Å²) in [7, 11) is -2.96. The van der Waals surface area contributed by atoms with Crippen molar-refractivity contribution in [3.63, 3.8) is 0 Å². The molecule has 3 heterocycles. The molecule has 0 spiro atoms. The molecule has 2 aromatic heterocycles. The lowest BCUT2D eigenvalue weighted by atomic mass is 10.2. The van der Waals surface area contributed by atoms with Gasteiger partial charge in [0.2, 0.25) is 0 Å². The van der Waals surface area contributed by atoms with Crippen molar-refractivity contribution in [3.05, 3.63) is 22.6 Å². The van der Waals surface area contributed by atoms with Crippen LogP contribution in [0.4, 0.5) is 0 Å². The van der Waals surface area contributed by atoms with Gasteiger partial charge in [-0.15, -0.1) is 0 Å². The van der Waals surface area contributed by atoms with E-state index in [1.807, 2.05) is 23.6 Å². The van der Waals surface area contributed by atoms with E-state index in [1.165, 1.54) is 0 Å². The molecule has 0 bridgehead atoms. The third-order valence-corrected chi connectivity index (χ3v) is 5.61. The van der Waals surface area contributed by atoms with E-state index in [9.17, 15) is 8.42 Å². The number of aromatic nitrogens is 3. The summed E-state index contributed by atoms with van der Waals surface area (Å²) in [5.74, 6) is 0.440. The maximum Gasteiger partial charge on any atom is 0.179 e. The van der Waals surface area contributed by atoms with E-state index in [0.717, 1.165) is 23.3 Å². The second-order valence-corrected chi connectivity index (χ2v) is 7.65. The van der Waals surface area contributed by atoms with Gasteiger partial charge >= 0.3 is 0 Å². The lowest BCUT2D eigenvalue weighted by Gasteiger charge is -2.23. The quantitative estimate of drug-likeness (QED) is 0.819. The smallest absolute Gasteiger partial charge is 0.179 e. The van der Waals surface area contributed by atoms with E-state index in [0.29, 0.717) is 11.2 Å². The van der Waals surface area contributed by atoms with Crippen LogP contribution in [0.3, 0.4) is 0 Å². The first-order valence-corrected chi connectivity index (χ1v) is 8.47. The number of nitrogens with zero attached hydrogens (tertiary/aromatic N) is 2. The fourth-order valence-corrected chi connectivity index (χ4v) is 4.66. The molecule has 0 radical (unpaired) electrons. The van der Waals surface area contributed by atoms with Crippen molar-refractivity contribution in [1.29, 1.82) is 0 Å². The lowest BCUT2D eigenvalue weighted by Crippen LogP contribution is -2.27. The van der Waals surface area contributed by atoms with Crippen molar-refractivity contribution in [2.24, 2.45) is 0 Å². The third-order valence-electron chi connectivity index (χ3n) is 3.51. The zero-order valence-corrected chi connectivity index (χ0v) is 12.2. The Morgan fingerprint density at radius 1 is 1.47 bits per heavy atom. The molecule has 1 fully saturated rings. The Bertz CT molecular complexity index is 789. The Hall–Kier alpha value is -1.21. The Morgan fingerprint density at radius 3 is 3.00 bits per heavy atom. The minimum absolute atomic E-state index is 0.103. The van der Waals surface area contributed by atoms with Crippen LogP contribution in [0.5, 0.6) is 0 Å². The molecule has 1 saturated heterocycles. The molecule has 0 amide bonds. The van der Waals surface area contributed by atoms with Crippen molar-refractivity contribution in [2.75, 3.05) is 11.5 Å². The minimum atomic E-state index is -2.96. The number of nitrogens with one attached hydrogen (secondary N) is 1. The zero-order valence-electron chi connectivity index (χ0n) is 10.6. The van der Waals surface area contributed by atoms with Crippen LogP contribution in [0, 0.1) is 11.7 Å². The minimum Gasteiger partial charge on any atom is -0.329 e. The summed E-state index contributed by atoms with van der Waals surface area (Å²) >= 11 is 5.32. The van der Waals surface area contributed by atoms with Crippen LogP contribution in [0.1, 0.15) is 24.6 Å². The summed E-state index contributed by atoms with van der Waals surface area (Å²) in [6.07, 6.45) is 1.52. The number of aromatic amines is 1. The van der Waals surface area contributed by atoms with E-state index in [2.05, 4.69) is 9.97 Å². The maximum absolute atomic E-state index is 11.8. The van der Waals surface area contributed by atoms with Gasteiger partial charge in [-0.2, -0.15) is 0 Å². The normalized spacial score (nSPS) is 22.7. The Kier molecular flexibility index (Phi) is 2.98. The average Bonchev–Trinajstić information content (AvgIpc) is 2.63. The predicted octanol–water partition coefficient (Wildman–Crippen LogP) is 2.15. The molecule has 7 heteroatoms. The maximum atomic E-state index is 11.8. The second-order valence-electron chi connectivity index (χ2n) is 5.03. The number of hydrogen-bond donors (Lipinski definition) is 1. The highest BCUT2D eigenvalue weighted by Gasteiger charge is 2.27. The lowest BCUT2D eigenvalue weighted by molar-refractivity contribution is 0.473. The molecule has 1 aliphatic rings. The van der Waals surface area contributed by atoms with Crippen LogP contribution in [0.15, 0.2) is 12.1 Å². The number of imidazole rings is 1. The number of pyridine rings is 1. The van der Waals surface area contributed by atoms with Crippen molar-refractivity contribution < 1.29 is 8.42 Å².